The largest absolute Gasteiger partial charge is 0.462 e. The maximum absolute atomic E-state index is 11.5. The van der Waals surface area contributed by atoms with E-state index in [4.69, 9.17) is 4.74 Å². The molecule has 0 fully saturated rings. The molecule has 0 aromatic heterocycles. The quantitative estimate of drug-likeness (QED) is 0.617. The number of hydrogen-bond acceptors (Lipinski definition) is 3. The molecule has 1 atom stereocenters. The van der Waals surface area contributed by atoms with Gasteiger partial charge in [-0.3, -0.25) is 4.79 Å². The number of esters is 1. The molecule has 0 N–H and O–H groups in total. The molecule has 0 spiro atoms. The molecule has 0 saturated carbocycles. The first kappa shape index (κ1) is 12.9. The molecule has 16 heavy (non-hydrogen) atoms. The van der Waals surface area contributed by atoms with Crippen LogP contribution in [0.5, 0.6) is 0 Å². The number of ether oxygens (including phenoxy) is 1. The fourth-order valence-electron chi connectivity index (χ4n) is 1.10. The van der Waals surface area contributed by atoms with E-state index in [1.165, 1.54) is 0 Å². The standard InChI is InChI=1S/C12H13BrO3/c1-9(13)11(14)7-8-16-12(15)10-5-3-2-4-6-10/h2-6,9H,7-8H2,1H3. The average Bonchev–Trinajstić information content (AvgIpc) is 2.29. The van der Waals surface area contributed by atoms with Crippen LogP contribution in [0.2, 0.25) is 0 Å². The molecule has 1 aromatic rings. The van der Waals surface area contributed by atoms with Gasteiger partial charge in [0.1, 0.15) is 5.78 Å². The molecule has 86 valence electrons. The van der Waals surface area contributed by atoms with Gasteiger partial charge in [-0.25, -0.2) is 4.79 Å². The van der Waals surface area contributed by atoms with Crippen LogP contribution in [0.25, 0.3) is 0 Å². The Hall–Kier alpha value is -1.16. The first-order chi connectivity index (χ1) is 7.61. The minimum Gasteiger partial charge on any atom is -0.462 e. The number of halogens is 1. The van der Waals surface area contributed by atoms with E-state index in [2.05, 4.69) is 15.9 Å². The number of hydrogen-bond donors (Lipinski definition) is 0. The molecule has 0 radical (unpaired) electrons. The minimum absolute atomic E-state index is 0.0286. The van der Waals surface area contributed by atoms with Crippen molar-refractivity contribution in [1.29, 1.82) is 0 Å². The van der Waals surface area contributed by atoms with Crippen LogP contribution in [0.4, 0.5) is 0 Å². The molecule has 1 aromatic carbocycles. The fourth-order valence-corrected chi connectivity index (χ4v) is 1.33. The van der Waals surface area contributed by atoms with Gasteiger partial charge < -0.3 is 4.74 Å². The lowest BCUT2D eigenvalue weighted by Crippen LogP contribution is -2.14. The van der Waals surface area contributed by atoms with Crippen molar-refractivity contribution in [3.63, 3.8) is 0 Å². The monoisotopic (exact) mass is 284 g/mol. The van der Waals surface area contributed by atoms with E-state index in [0.29, 0.717) is 5.56 Å². The van der Waals surface area contributed by atoms with Gasteiger partial charge in [-0.1, -0.05) is 34.1 Å². The first-order valence-corrected chi connectivity index (χ1v) is 5.92. The fraction of sp³-hybridized carbons (Fsp3) is 0.333. The minimum atomic E-state index is -0.393. The Labute approximate surface area is 103 Å². The molecule has 0 bridgehead atoms. The van der Waals surface area contributed by atoms with Crippen molar-refractivity contribution < 1.29 is 14.3 Å². The van der Waals surface area contributed by atoms with Crippen molar-refractivity contribution in [3.05, 3.63) is 35.9 Å². The molecule has 0 aliphatic carbocycles. The Morgan fingerprint density at radius 2 is 1.94 bits per heavy atom. The SMILES string of the molecule is CC(Br)C(=O)CCOC(=O)c1ccccc1. The summed E-state index contributed by atoms with van der Waals surface area (Å²) in [7, 11) is 0. The van der Waals surface area contributed by atoms with E-state index in [9.17, 15) is 9.59 Å². The van der Waals surface area contributed by atoms with E-state index in [1.54, 1.807) is 31.2 Å². The predicted octanol–water partition coefficient (Wildman–Crippen LogP) is 2.59. The van der Waals surface area contributed by atoms with Crippen LogP contribution in [-0.2, 0) is 9.53 Å². The second-order valence-electron chi connectivity index (χ2n) is 3.33. The molecule has 1 rings (SSSR count). The summed E-state index contributed by atoms with van der Waals surface area (Å²) in [5, 5.41) is 0. The van der Waals surface area contributed by atoms with Gasteiger partial charge in [-0.15, -0.1) is 0 Å². The van der Waals surface area contributed by atoms with Gasteiger partial charge in [0.2, 0.25) is 0 Å². The lowest BCUT2D eigenvalue weighted by molar-refractivity contribution is -0.118. The highest BCUT2D eigenvalue weighted by Gasteiger charge is 2.11. The van der Waals surface area contributed by atoms with Crippen molar-refractivity contribution in [2.75, 3.05) is 6.61 Å². The number of benzene rings is 1. The van der Waals surface area contributed by atoms with Crippen molar-refractivity contribution in [2.45, 2.75) is 18.2 Å². The summed E-state index contributed by atoms with van der Waals surface area (Å²) in [5.74, 6) is -0.364. The Morgan fingerprint density at radius 1 is 1.31 bits per heavy atom. The molecule has 0 aliphatic rings. The smallest absolute Gasteiger partial charge is 0.338 e. The van der Waals surface area contributed by atoms with E-state index in [0.717, 1.165) is 0 Å². The highest BCUT2D eigenvalue weighted by molar-refractivity contribution is 9.10. The maximum Gasteiger partial charge on any atom is 0.338 e. The zero-order chi connectivity index (χ0) is 12.0. The number of Topliss-reactive ketones (excluding diaryl/α,β-unsaturated/α-hetero) is 1. The third kappa shape index (κ3) is 4.14. The van der Waals surface area contributed by atoms with Gasteiger partial charge in [0, 0.05) is 6.42 Å². The Morgan fingerprint density at radius 3 is 2.50 bits per heavy atom. The first-order valence-electron chi connectivity index (χ1n) is 5.00. The molecule has 0 aliphatic heterocycles. The molecule has 0 saturated heterocycles. The van der Waals surface area contributed by atoms with Crippen LogP contribution in [0.3, 0.4) is 0 Å². The summed E-state index contributed by atoms with van der Waals surface area (Å²) in [4.78, 5) is 22.5. The number of alkyl halides is 1. The van der Waals surface area contributed by atoms with E-state index in [-0.39, 0.29) is 23.6 Å². The van der Waals surface area contributed by atoms with Crippen LogP contribution >= 0.6 is 15.9 Å². The third-order valence-corrected chi connectivity index (χ3v) is 2.55. The van der Waals surface area contributed by atoms with Crippen LogP contribution < -0.4 is 0 Å². The Kier molecular flexibility index (Phi) is 5.19. The van der Waals surface area contributed by atoms with Crippen LogP contribution in [0.15, 0.2) is 30.3 Å². The predicted molar refractivity (Wildman–Crippen MR) is 64.7 cm³/mol. The molecule has 1 unspecified atom stereocenters. The van der Waals surface area contributed by atoms with E-state index < -0.39 is 5.97 Å². The van der Waals surface area contributed by atoms with Gasteiger partial charge >= 0.3 is 5.97 Å². The van der Waals surface area contributed by atoms with E-state index >= 15 is 0 Å². The zero-order valence-corrected chi connectivity index (χ0v) is 10.6. The van der Waals surface area contributed by atoms with Gasteiger partial charge in [0.25, 0.3) is 0 Å². The van der Waals surface area contributed by atoms with Crippen LogP contribution in [0, 0.1) is 0 Å². The van der Waals surface area contributed by atoms with Gasteiger partial charge in [-0.05, 0) is 19.1 Å². The van der Waals surface area contributed by atoms with Crippen molar-refractivity contribution in [3.8, 4) is 0 Å². The second kappa shape index (κ2) is 6.43. The van der Waals surface area contributed by atoms with E-state index in [1.807, 2.05) is 6.07 Å². The highest BCUT2D eigenvalue weighted by Crippen LogP contribution is 2.04. The molecule has 3 nitrogen and oxygen atoms in total. The summed E-state index contributed by atoms with van der Waals surface area (Å²) in [6.45, 7) is 1.88. The lowest BCUT2D eigenvalue weighted by atomic mass is 10.2. The summed E-state index contributed by atoms with van der Waals surface area (Å²) in [6, 6.07) is 8.71. The summed E-state index contributed by atoms with van der Waals surface area (Å²) in [6.07, 6.45) is 0.241. The molecule has 0 amide bonds. The van der Waals surface area contributed by atoms with Gasteiger partial charge in [0.15, 0.2) is 0 Å². The Bertz CT molecular complexity index is 360. The summed E-state index contributed by atoms with van der Waals surface area (Å²) < 4.78 is 4.97. The van der Waals surface area contributed by atoms with Crippen molar-refractivity contribution in [2.24, 2.45) is 0 Å². The molecule has 0 heterocycles. The maximum atomic E-state index is 11.5. The van der Waals surface area contributed by atoms with Crippen LogP contribution in [0.1, 0.15) is 23.7 Å². The normalized spacial score (nSPS) is 11.9. The average molecular weight is 285 g/mol. The van der Waals surface area contributed by atoms with Crippen molar-refractivity contribution >= 4 is 27.7 Å². The Balaban J connectivity index is 2.34. The van der Waals surface area contributed by atoms with Crippen LogP contribution in [-0.4, -0.2) is 23.2 Å². The number of carbonyl (C=O) groups is 2. The number of rotatable bonds is 5. The van der Waals surface area contributed by atoms with Gasteiger partial charge in [-0.2, -0.15) is 0 Å². The second-order valence-corrected chi connectivity index (χ2v) is 4.71. The zero-order valence-electron chi connectivity index (χ0n) is 8.98. The number of ketones is 1. The van der Waals surface area contributed by atoms with Gasteiger partial charge in [0.05, 0.1) is 17.0 Å². The summed E-state index contributed by atoms with van der Waals surface area (Å²) >= 11 is 3.16. The highest BCUT2D eigenvalue weighted by atomic mass is 79.9. The molecule has 4 heteroatoms. The number of carbonyl (C=O) groups excluding carboxylic acids is 2. The molecular formula is C12H13BrO3. The van der Waals surface area contributed by atoms with Crippen molar-refractivity contribution in [1.82, 2.24) is 0 Å². The summed E-state index contributed by atoms with van der Waals surface area (Å²) in [5.41, 5.74) is 0.502. The third-order valence-electron chi connectivity index (χ3n) is 2.03. The lowest BCUT2D eigenvalue weighted by Gasteiger charge is -2.05. The topological polar surface area (TPSA) is 43.4 Å². The molecular weight excluding hydrogens is 272 g/mol.